The summed E-state index contributed by atoms with van der Waals surface area (Å²) in [6.07, 6.45) is 0. The van der Waals surface area contributed by atoms with Gasteiger partial charge in [0.25, 0.3) is 0 Å². The normalized spacial score (nSPS) is 26.2. The van der Waals surface area contributed by atoms with Crippen LogP contribution in [0.4, 0.5) is 10.1 Å². The average Bonchev–Trinajstić information content (AvgIpc) is 2.33. The topological polar surface area (TPSA) is 26.7 Å². The number of para-hydroxylation sites is 1. The second-order valence-electron chi connectivity index (χ2n) is 4.71. The van der Waals surface area contributed by atoms with Gasteiger partial charge in [-0.2, -0.15) is 0 Å². The quantitative estimate of drug-likeness (QED) is 0.842. The third-order valence-electron chi connectivity index (χ3n) is 3.59. The number of aliphatic hydroxyl groups excluding tert-OH is 1. The molecule has 1 aromatic carbocycles. The van der Waals surface area contributed by atoms with Crippen LogP contribution in [-0.4, -0.2) is 48.8 Å². The molecule has 1 saturated heterocycles. The molecule has 3 nitrogen and oxygen atoms in total. The van der Waals surface area contributed by atoms with E-state index >= 15 is 0 Å². The van der Waals surface area contributed by atoms with Gasteiger partial charge in [0.1, 0.15) is 5.82 Å². The van der Waals surface area contributed by atoms with Gasteiger partial charge in [-0.1, -0.05) is 12.1 Å². The number of piperazine rings is 1. The molecule has 0 bridgehead atoms. The molecular weight excluding hydrogens is 219 g/mol. The summed E-state index contributed by atoms with van der Waals surface area (Å²) in [6, 6.07) is 7.18. The molecule has 2 atom stereocenters. The van der Waals surface area contributed by atoms with E-state index in [-0.39, 0.29) is 18.5 Å². The van der Waals surface area contributed by atoms with E-state index in [1.54, 1.807) is 12.1 Å². The van der Waals surface area contributed by atoms with Crippen molar-refractivity contribution in [2.45, 2.75) is 19.0 Å². The Kier molecular flexibility index (Phi) is 3.64. The van der Waals surface area contributed by atoms with E-state index in [1.807, 2.05) is 18.0 Å². The summed E-state index contributed by atoms with van der Waals surface area (Å²) < 4.78 is 13.7. The zero-order valence-electron chi connectivity index (χ0n) is 10.3. The maximum Gasteiger partial charge on any atom is 0.146 e. The fraction of sp³-hybridized carbons (Fsp3) is 0.538. The summed E-state index contributed by atoms with van der Waals surface area (Å²) in [4.78, 5) is 4.16. The van der Waals surface area contributed by atoms with E-state index < -0.39 is 0 Å². The first-order chi connectivity index (χ1) is 8.13. The molecule has 1 N–H and O–H groups in total. The van der Waals surface area contributed by atoms with Gasteiger partial charge >= 0.3 is 0 Å². The lowest BCUT2D eigenvalue weighted by Gasteiger charge is -2.44. The van der Waals surface area contributed by atoms with Crippen LogP contribution in [0.15, 0.2) is 24.3 Å². The van der Waals surface area contributed by atoms with Crippen LogP contribution in [0.3, 0.4) is 0 Å². The number of halogens is 1. The van der Waals surface area contributed by atoms with Crippen molar-refractivity contribution < 1.29 is 9.50 Å². The van der Waals surface area contributed by atoms with Crippen molar-refractivity contribution in [3.05, 3.63) is 30.1 Å². The molecule has 0 amide bonds. The lowest BCUT2D eigenvalue weighted by atomic mass is 10.1. The van der Waals surface area contributed by atoms with E-state index in [9.17, 15) is 9.50 Å². The zero-order valence-corrected chi connectivity index (χ0v) is 10.3. The molecule has 0 saturated carbocycles. The van der Waals surface area contributed by atoms with E-state index in [1.165, 1.54) is 6.07 Å². The highest BCUT2D eigenvalue weighted by atomic mass is 19.1. The lowest BCUT2D eigenvalue weighted by Crippen LogP contribution is -2.57. The van der Waals surface area contributed by atoms with Crippen LogP contribution in [0.2, 0.25) is 0 Å². The largest absolute Gasteiger partial charge is 0.395 e. The van der Waals surface area contributed by atoms with Crippen molar-refractivity contribution in [2.75, 3.05) is 31.6 Å². The number of rotatable bonds is 2. The molecule has 4 heteroatoms. The van der Waals surface area contributed by atoms with Crippen molar-refractivity contribution in [2.24, 2.45) is 0 Å². The fourth-order valence-corrected chi connectivity index (χ4v) is 2.36. The van der Waals surface area contributed by atoms with Gasteiger partial charge in [0.15, 0.2) is 0 Å². The van der Waals surface area contributed by atoms with E-state index in [4.69, 9.17) is 0 Å². The molecule has 2 unspecified atom stereocenters. The van der Waals surface area contributed by atoms with E-state index in [2.05, 4.69) is 11.8 Å². The number of benzene rings is 1. The van der Waals surface area contributed by atoms with Crippen LogP contribution in [0.5, 0.6) is 0 Å². The molecule has 1 heterocycles. The molecule has 1 aromatic rings. The standard InChI is InChI=1S/C13H19FN2O/c1-10-7-16(8-11(9-17)15(10)2)13-6-4-3-5-12(13)14/h3-6,10-11,17H,7-9H2,1-2H3. The summed E-state index contributed by atoms with van der Waals surface area (Å²) in [5.74, 6) is -0.194. The third kappa shape index (κ3) is 2.42. The Bertz CT molecular complexity index is 385. The van der Waals surface area contributed by atoms with Gasteiger partial charge in [0.2, 0.25) is 0 Å². The second kappa shape index (κ2) is 5.02. The van der Waals surface area contributed by atoms with Gasteiger partial charge in [0.05, 0.1) is 18.3 Å². The van der Waals surface area contributed by atoms with Crippen LogP contribution in [0.1, 0.15) is 6.92 Å². The monoisotopic (exact) mass is 238 g/mol. The third-order valence-corrected chi connectivity index (χ3v) is 3.59. The van der Waals surface area contributed by atoms with Crippen molar-refractivity contribution in [1.82, 2.24) is 4.90 Å². The number of anilines is 1. The SMILES string of the molecule is CC1CN(c2ccccc2F)CC(CO)N1C. The molecule has 0 aromatic heterocycles. The molecule has 94 valence electrons. The highest BCUT2D eigenvalue weighted by molar-refractivity contribution is 5.48. The van der Waals surface area contributed by atoms with Crippen molar-refractivity contribution >= 4 is 5.69 Å². The molecule has 0 aliphatic carbocycles. The van der Waals surface area contributed by atoms with Crippen molar-refractivity contribution in [1.29, 1.82) is 0 Å². The Morgan fingerprint density at radius 1 is 1.35 bits per heavy atom. The first-order valence-electron chi connectivity index (χ1n) is 5.95. The molecule has 1 fully saturated rings. The summed E-state index contributed by atoms with van der Waals surface area (Å²) in [5.41, 5.74) is 0.630. The van der Waals surface area contributed by atoms with E-state index in [0.29, 0.717) is 18.3 Å². The van der Waals surface area contributed by atoms with Gasteiger partial charge in [-0.25, -0.2) is 4.39 Å². The van der Waals surface area contributed by atoms with E-state index in [0.717, 1.165) is 6.54 Å². The van der Waals surface area contributed by atoms with Crippen LogP contribution in [0.25, 0.3) is 0 Å². The minimum atomic E-state index is -0.194. The molecular formula is C13H19FN2O. The second-order valence-corrected chi connectivity index (χ2v) is 4.71. The number of hydrogen-bond donors (Lipinski definition) is 1. The molecule has 1 aliphatic heterocycles. The predicted molar refractivity (Wildman–Crippen MR) is 66.7 cm³/mol. The summed E-state index contributed by atoms with van der Waals surface area (Å²) in [6.45, 7) is 3.65. The fourth-order valence-electron chi connectivity index (χ4n) is 2.36. The number of aliphatic hydroxyl groups is 1. The Morgan fingerprint density at radius 2 is 2.06 bits per heavy atom. The highest BCUT2D eigenvalue weighted by Crippen LogP contribution is 2.23. The van der Waals surface area contributed by atoms with Crippen molar-refractivity contribution in [3.63, 3.8) is 0 Å². The Labute approximate surface area is 101 Å². The minimum Gasteiger partial charge on any atom is -0.395 e. The zero-order chi connectivity index (χ0) is 12.4. The van der Waals surface area contributed by atoms with Gasteiger partial charge in [0, 0.05) is 19.1 Å². The van der Waals surface area contributed by atoms with Crippen LogP contribution in [0, 0.1) is 5.82 Å². The number of hydrogen-bond acceptors (Lipinski definition) is 3. The lowest BCUT2D eigenvalue weighted by molar-refractivity contribution is 0.0994. The summed E-state index contributed by atoms with van der Waals surface area (Å²) in [5, 5.41) is 9.35. The Balaban J connectivity index is 2.20. The molecule has 0 spiro atoms. The predicted octanol–water partition coefficient (Wildman–Crippen LogP) is 1.33. The summed E-state index contributed by atoms with van der Waals surface area (Å²) >= 11 is 0. The van der Waals surface area contributed by atoms with Crippen LogP contribution in [-0.2, 0) is 0 Å². The maximum atomic E-state index is 13.7. The van der Waals surface area contributed by atoms with Crippen molar-refractivity contribution in [3.8, 4) is 0 Å². The van der Waals surface area contributed by atoms with Gasteiger partial charge in [-0.3, -0.25) is 4.90 Å². The van der Waals surface area contributed by atoms with Crippen LogP contribution < -0.4 is 4.90 Å². The molecule has 2 rings (SSSR count). The number of likely N-dealkylation sites (N-methyl/N-ethyl adjacent to an activating group) is 1. The molecule has 0 radical (unpaired) electrons. The van der Waals surface area contributed by atoms with Gasteiger partial charge < -0.3 is 10.0 Å². The highest BCUT2D eigenvalue weighted by Gasteiger charge is 2.29. The molecule has 17 heavy (non-hydrogen) atoms. The van der Waals surface area contributed by atoms with Crippen LogP contribution >= 0.6 is 0 Å². The minimum absolute atomic E-state index is 0.0679. The molecule has 1 aliphatic rings. The first-order valence-corrected chi connectivity index (χ1v) is 5.95. The van der Waals surface area contributed by atoms with Gasteiger partial charge in [-0.15, -0.1) is 0 Å². The number of nitrogens with zero attached hydrogens (tertiary/aromatic N) is 2. The first kappa shape index (κ1) is 12.3. The maximum absolute atomic E-state index is 13.7. The smallest absolute Gasteiger partial charge is 0.146 e. The van der Waals surface area contributed by atoms with Gasteiger partial charge in [-0.05, 0) is 26.1 Å². The Morgan fingerprint density at radius 3 is 2.71 bits per heavy atom. The summed E-state index contributed by atoms with van der Waals surface area (Å²) in [7, 11) is 2.00. The average molecular weight is 238 g/mol. The Hall–Kier alpha value is -1.13.